The van der Waals surface area contributed by atoms with Crippen LogP contribution in [-0.2, 0) is 4.79 Å². The molecule has 0 spiro atoms. The molecule has 3 N–H and O–H groups in total. The van der Waals surface area contributed by atoms with E-state index in [2.05, 4.69) is 51.3 Å². The van der Waals surface area contributed by atoms with Gasteiger partial charge in [-0.05, 0) is 36.8 Å². The Labute approximate surface area is 142 Å². The minimum atomic E-state index is -0.234. The number of carbonyl (C=O) groups excluding carboxylic acids is 1. The van der Waals surface area contributed by atoms with Crippen LogP contribution in [0.1, 0.15) is 5.56 Å². The van der Waals surface area contributed by atoms with Gasteiger partial charge in [-0.25, -0.2) is 4.98 Å². The van der Waals surface area contributed by atoms with Crippen LogP contribution < -0.4 is 20.9 Å². The smallest absolute Gasteiger partial charge is 0.239 e. The molecule has 0 atom stereocenters. The van der Waals surface area contributed by atoms with Gasteiger partial charge < -0.3 is 20.9 Å². The van der Waals surface area contributed by atoms with E-state index in [4.69, 9.17) is 5.73 Å². The second-order valence-corrected chi connectivity index (χ2v) is 5.97. The van der Waals surface area contributed by atoms with Gasteiger partial charge in [0.2, 0.25) is 5.91 Å². The van der Waals surface area contributed by atoms with Crippen LogP contribution in [0, 0.1) is 6.92 Å². The monoisotopic (exact) mass is 325 g/mol. The molecule has 2 heterocycles. The third-order valence-corrected chi connectivity index (χ3v) is 4.21. The van der Waals surface area contributed by atoms with E-state index in [-0.39, 0.29) is 12.5 Å². The van der Waals surface area contributed by atoms with E-state index in [0.29, 0.717) is 5.82 Å². The number of carbonyl (C=O) groups is 1. The molecule has 6 nitrogen and oxygen atoms in total. The van der Waals surface area contributed by atoms with E-state index in [1.807, 2.05) is 12.1 Å². The van der Waals surface area contributed by atoms with E-state index in [0.717, 1.165) is 31.9 Å². The number of piperazine rings is 1. The predicted octanol–water partition coefficient (Wildman–Crippen LogP) is 1.61. The number of nitrogens with two attached hydrogens (primary N) is 1. The van der Waals surface area contributed by atoms with Crippen molar-refractivity contribution in [1.82, 2.24) is 4.98 Å². The number of amides is 1. The number of nitrogens with one attached hydrogen (secondary N) is 1. The first-order valence-corrected chi connectivity index (χ1v) is 8.18. The van der Waals surface area contributed by atoms with Crippen molar-refractivity contribution in [2.24, 2.45) is 5.73 Å². The van der Waals surface area contributed by atoms with Crippen molar-refractivity contribution >= 4 is 23.1 Å². The van der Waals surface area contributed by atoms with E-state index in [1.54, 1.807) is 6.20 Å². The van der Waals surface area contributed by atoms with Crippen molar-refractivity contribution in [3.63, 3.8) is 0 Å². The normalized spacial score (nSPS) is 14.6. The highest BCUT2D eigenvalue weighted by atomic mass is 16.1. The highest BCUT2D eigenvalue weighted by molar-refractivity contribution is 5.91. The Bertz CT molecular complexity index is 693. The van der Waals surface area contributed by atoms with Gasteiger partial charge >= 0.3 is 0 Å². The zero-order valence-corrected chi connectivity index (χ0v) is 13.9. The van der Waals surface area contributed by atoms with Crippen LogP contribution in [0.2, 0.25) is 0 Å². The molecule has 1 aromatic carbocycles. The number of nitrogens with zero attached hydrogens (tertiary/aromatic N) is 3. The number of hydrogen-bond acceptors (Lipinski definition) is 5. The van der Waals surface area contributed by atoms with Gasteiger partial charge in [0.15, 0.2) is 0 Å². The third kappa shape index (κ3) is 3.83. The van der Waals surface area contributed by atoms with Crippen molar-refractivity contribution in [1.29, 1.82) is 0 Å². The summed E-state index contributed by atoms with van der Waals surface area (Å²) >= 11 is 0. The summed E-state index contributed by atoms with van der Waals surface area (Å²) in [6, 6.07) is 12.4. The topological polar surface area (TPSA) is 74.5 Å². The minimum Gasteiger partial charge on any atom is -0.368 e. The van der Waals surface area contributed by atoms with Gasteiger partial charge in [0.1, 0.15) is 5.82 Å². The summed E-state index contributed by atoms with van der Waals surface area (Å²) in [7, 11) is 0. The molecule has 0 unspecified atom stereocenters. The number of benzene rings is 1. The average molecular weight is 325 g/mol. The van der Waals surface area contributed by atoms with Gasteiger partial charge in [0.25, 0.3) is 0 Å². The summed E-state index contributed by atoms with van der Waals surface area (Å²) in [5.41, 5.74) is 8.93. The van der Waals surface area contributed by atoms with Crippen LogP contribution in [0.15, 0.2) is 42.6 Å². The molecule has 1 aliphatic heterocycles. The number of hydrogen-bond donors (Lipinski definition) is 2. The number of aromatic nitrogens is 1. The second kappa shape index (κ2) is 7.31. The fourth-order valence-corrected chi connectivity index (χ4v) is 2.89. The number of aryl methyl sites for hydroxylation is 1. The molecule has 0 bridgehead atoms. The lowest BCUT2D eigenvalue weighted by atomic mass is 10.2. The molecule has 0 radical (unpaired) electrons. The Balaban J connectivity index is 1.59. The van der Waals surface area contributed by atoms with Crippen molar-refractivity contribution in [3.05, 3.63) is 48.2 Å². The van der Waals surface area contributed by atoms with Crippen LogP contribution in [0.5, 0.6) is 0 Å². The van der Waals surface area contributed by atoms with Gasteiger partial charge in [0.05, 0.1) is 18.4 Å². The molecule has 1 aliphatic rings. The highest BCUT2D eigenvalue weighted by Crippen LogP contribution is 2.21. The van der Waals surface area contributed by atoms with Crippen LogP contribution in [0.3, 0.4) is 0 Å². The molecule has 3 rings (SSSR count). The van der Waals surface area contributed by atoms with Crippen LogP contribution >= 0.6 is 0 Å². The molecule has 1 saturated heterocycles. The highest BCUT2D eigenvalue weighted by Gasteiger charge is 2.18. The number of pyridine rings is 1. The Kier molecular flexibility index (Phi) is 4.96. The van der Waals surface area contributed by atoms with Crippen LogP contribution in [0.4, 0.5) is 17.2 Å². The van der Waals surface area contributed by atoms with Gasteiger partial charge in [-0.15, -0.1) is 0 Å². The first-order valence-electron chi connectivity index (χ1n) is 8.18. The van der Waals surface area contributed by atoms with Crippen molar-refractivity contribution in [2.75, 3.05) is 47.8 Å². The SMILES string of the molecule is Cc1cccc(N2CCN(c3ccc(NC(=O)CN)nc3)CC2)c1. The number of rotatable bonds is 4. The summed E-state index contributed by atoms with van der Waals surface area (Å²) < 4.78 is 0. The molecule has 24 heavy (non-hydrogen) atoms. The molecule has 0 saturated carbocycles. The lowest BCUT2D eigenvalue weighted by Gasteiger charge is -2.37. The van der Waals surface area contributed by atoms with Crippen LogP contribution in [0.25, 0.3) is 0 Å². The van der Waals surface area contributed by atoms with E-state index < -0.39 is 0 Å². The molecule has 1 fully saturated rings. The maximum Gasteiger partial charge on any atom is 0.239 e. The van der Waals surface area contributed by atoms with Gasteiger partial charge in [-0.2, -0.15) is 0 Å². The molecule has 0 aliphatic carbocycles. The minimum absolute atomic E-state index is 0.0373. The fraction of sp³-hybridized carbons (Fsp3) is 0.333. The summed E-state index contributed by atoms with van der Waals surface area (Å²) in [5, 5.41) is 2.65. The first-order chi connectivity index (χ1) is 11.7. The Morgan fingerprint density at radius 2 is 1.83 bits per heavy atom. The molecular weight excluding hydrogens is 302 g/mol. The van der Waals surface area contributed by atoms with Crippen molar-refractivity contribution < 1.29 is 4.79 Å². The first kappa shape index (κ1) is 16.3. The predicted molar refractivity (Wildman–Crippen MR) is 97.5 cm³/mol. The van der Waals surface area contributed by atoms with Gasteiger partial charge in [-0.3, -0.25) is 4.79 Å². The molecule has 6 heteroatoms. The standard InChI is InChI=1S/C18H23N5O/c1-14-3-2-4-15(11-14)22-7-9-23(10-8-22)16-5-6-17(20-13-16)21-18(24)12-19/h2-6,11,13H,7-10,12,19H2,1H3,(H,20,21,24). The maximum absolute atomic E-state index is 11.3. The fourth-order valence-electron chi connectivity index (χ4n) is 2.89. The van der Waals surface area contributed by atoms with Crippen molar-refractivity contribution in [3.8, 4) is 0 Å². The largest absolute Gasteiger partial charge is 0.368 e. The lowest BCUT2D eigenvalue weighted by Crippen LogP contribution is -2.46. The van der Waals surface area contributed by atoms with Crippen LogP contribution in [-0.4, -0.2) is 43.6 Å². The van der Waals surface area contributed by atoms with E-state index >= 15 is 0 Å². The summed E-state index contributed by atoms with van der Waals surface area (Å²) in [5.74, 6) is 0.301. The van der Waals surface area contributed by atoms with Crippen molar-refractivity contribution in [2.45, 2.75) is 6.92 Å². The maximum atomic E-state index is 11.3. The Hall–Kier alpha value is -2.60. The zero-order chi connectivity index (χ0) is 16.9. The molecule has 1 aromatic heterocycles. The molecular formula is C18H23N5O. The Morgan fingerprint density at radius 3 is 2.42 bits per heavy atom. The van der Waals surface area contributed by atoms with E-state index in [1.165, 1.54) is 11.3 Å². The quantitative estimate of drug-likeness (QED) is 0.893. The number of anilines is 3. The second-order valence-electron chi connectivity index (χ2n) is 5.97. The Morgan fingerprint density at radius 1 is 1.12 bits per heavy atom. The third-order valence-electron chi connectivity index (χ3n) is 4.21. The van der Waals surface area contributed by atoms with Gasteiger partial charge in [0, 0.05) is 31.9 Å². The molecule has 126 valence electrons. The average Bonchev–Trinajstić information content (AvgIpc) is 2.62. The summed E-state index contributed by atoms with van der Waals surface area (Å²) in [6.45, 7) is 5.94. The lowest BCUT2D eigenvalue weighted by molar-refractivity contribution is -0.114. The molecule has 2 aromatic rings. The zero-order valence-electron chi connectivity index (χ0n) is 13.9. The summed E-state index contributed by atoms with van der Waals surface area (Å²) in [4.78, 5) is 20.3. The van der Waals surface area contributed by atoms with E-state index in [9.17, 15) is 4.79 Å². The molecule has 1 amide bonds. The summed E-state index contributed by atoms with van der Waals surface area (Å²) in [6.07, 6.45) is 1.80. The van der Waals surface area contributed by atoms with Gasteiger partial charge in [-0.1, -0.05) is 12.1 Å².